The number of allylic oxidation sites excluding steroid dienone is 7. The van der Waals surface area contributed by atoms with Crippen molar-refractivity contribution in [3.63, 3.8) is 0 Å². The Balaban J connectivity index is 3.80. The van der Waals surface area contributed by atoms with Crippen molar-refractivity contribution in [2.24, 2.45) is 0 Å². The monoisotopic (exact) mass is 618 g/mol. The highest BCUT2D eigenvalue weighted by Crippen LogP contribution is 2.12. The summed E-state index contributed by atoms with van der Waals surface area (Å²) >= 11 is 0. The number of hydrogen-bond donors (Lipinski definition) is 4. The molecule has 0 aromatic rings. The lowest BCUT2D eigenvalue weighted by Crippen LogP contribution is -2.48. The summed E-state index contributed by atoms with van der Waals surface area (Å²) in [6.07, 6.45) is 42.7. The lowest BCUT2D eigenvalue weighted by molar-refractivity contribution is -0.131. The van der Waals surface area contributed by atoms with E-state index in [1.54, 1.807) is 6.08 Å². The maximum Gasteiger partial charge on any atom is 0.249 e. The molecule has 0 fully saturated rings. The maximum absolute atomic E-state index is 12.4. The van der Waals surface area contributed by atoms with Crippen LogP contribution in [0.15, 0.2) is 48.6 Å². The van der Waals surface area contributed by atoms with Gasteiger partial charge >= 0.3 is 0 Å². The topological polar surface area (TPSA) is 89.8 Å². The Morgan fingerprint density at radius 3 is 1.45 bits per heavy atom. The summed E-state index contributed by atoms with van der Waals surface area (Å²) in [4.78, 5) is 12.4. The fourth-order valence-electron chi connectivity index (χ4n) is 5.14. The minimum absolute atomic E-state index is 0.385. The maximum atomic E-state index is 12.4. The number of aliphatic hydroxyl groups is 3. The number of aliphatic hydroxyl groups excluding tert-OH is 3. The molecule has 0 aromatic carbocycles. The molecule has 0 radical (unpaired) electrons. The van der Waals surface area contributed by atoms with Gasteiger partial charge in [0.05, 0.1) is 18.8 Å². The van der Waals surface area contributed by atoms with Gasteiger partial charge in [0.2, 0.25) is 5.91 Å². The summed E-state index contributed by atoms with van der Waals surface area (Å²) in [6.45, 7) is 4.09. The first-order chi connectivity index (χ1) is 21.6. The zero-order valence-corrected chi connectivity index (χ0v) is 28.8. The van der Waals surface area contributed by atoms with Crippen LogP contribution in [0.5, 0.6) is 0 Å². The van der Waals surface area contributed by atoms with E-state index in [0.29, 0.717) is 6.42 Å². The Morgan fingerprint density at radius 1 is 0.545 bits per heavy atom. The Hall–Kier alpha value is -1.69. The van der Waals surface area contributed by atoms with E-state index in [-0.39, 0.29) is 6.61 Å². The third kappa shape index (κ3) is 29.0. The van der Waals surface area contributed by atoms with Crippen LogP contribution in [0.25, 0.3) is 0 Å². The number of amides is 1. The van der Waals surface area contributed by atoms with Crippen molar-refractivity contribution in [1.82, 2.24) is 5.32 Å². The molecule has 3 atom stereocenters. The Labute approximate surface area is 272 Å². The molecule has 1 amide bonds. The second kappa shape index (κ2) is 34.2. The molecule has 256 valence electrons. The first-order valence-electron chi connectivity index (χ1n) is 18.5. The van der Waals surface area contributed by atoms with E-state index in [2.05, 4.69) is 55.6 Å². The highest BCUT2D eigenvalue weighted by Gasteiger charge is 2.22. The van der Waals surface area contributed by atoms with Gasteiger partial charge in [-0.05, 0) is 64.2 Å². The largest absolute Gasteiger partial charge is 0.394 e. The number of hydrogen-bond acceptors (Lipinski definition) is 4. The summed E-state index contributed by atoms with van der Waals surface area (Å²) in [6, 6.07) is -0.821. The van der Waals surface area contributed by atoms with Crippen LogP contribution in [0.3, 0.4) is 0 Å². The Bertz CT molecular complexity index is 730. The van der Waals surface area contributed by atoms with Crippen LogP contribution >= 0.6 is 0 Å². The summed E-state index contributed by atoms with van der Waals surface area (Å²) < 4.78 is 0. The molecule has 0 saturated carbocycles. The molecule has 0 heterocycles. The van der Waals surface area contributed by atoms with Crippen molar-refractivity contribution >= 4 is 5.91 Å². The number of nitrogens with one attached hydrogen (secondary N) is 1. The summed E-state index contributed by atoms with van der Waals surface area (Å²) in [5.41, 5.74) is 0. The molecule has 0 saturated heterocycles. The predicted molar refractivity (Wildman–Crippen MR) is 190 cm³/mol. The van der Waals surface area contributed by atoms with E-state index in [4.69, 9.17) is 0 Å². The van der Waals surface area contributed by atoms with Crippen molar-refractivity contribution in [2.45, 2.75) is 186 Å². The van der Waals surface area contributed by atoms with E-state index in [1.165, 1.54) is 96.3 Å². The van der Waals surface area contributed by atoms with Gasteiger partial charge in [0, 0.05) is 0 Å². The molecule has 5 nitrogen and oxygen atoms in total. The van der Waals surface area contributed by atoms with E-state index < -0.39 is 24.2 Å². The number of rotatable bonds is 32. The van der Waals surface area contributed by atoms with Crippen LogP contribution in [0, 0.1) is 0 Å². The Kier molecular flexibility index (Phi) is 32.9. The fraction of sp³-hybridized carbons (Fsp3) is 0.769. The average molecular weight is 618 g/mol. The second-order valence-electron chi connectivity index (χ2n) is 12.4. The summed E-state index contributed by atoms with van der Waals surface area (Å²) in [5, 5.41) is 32.9. The van der Waals surface area contributed by atoms with Gasteiger partial charge in [0.15, 0.2) is 0 Å². The van der Waals surface area contributed by atoms with Gasteiger partial charge in [-0.15, -0.1) is 0 Å². The predicted octanol–water partition coefficient (Wildman–Crippen LogP) is 9.81. The van der Waals surface area contributed by atoms with E-state index in [1.807, 2.05) is 6.08 Å². The van der Waals surface area contributed by atoms with Gasteiger partial charge in [-0.2, -0.15) is 0 Å². The first-order valence-corrected chi connectivity index (χ1v) is 18.5. The van der Waals surface area contributed by atoms with Crippen LogP contribution in [-0.2, 0) is 4.79 Å². The summed E-state index contributed by atoms with van der Waals surface area (Å²) in [5.74, 6) is -0.526. The van der Waals surface area contributed by atoms with Crippen LogP contribution in [-0.4, -0.2) is 46.1 Å². The van der Waals surface area contributed by atoms with Gasteiger partial charge in [-0.25, -0.2) is 0 Å². The van der Waals surface area contributed by atoms with Crippen LogP contribution in [0.1, 0.15) is 168 Å². The molecule has 0 bridgehead atoms. The quantitative estimate of drug-likeness (QED) is 0.0447. The first kappa shape index (κ1) is 42.3. The third-order valence-corrected chi connectivity index (χ3v) is 8.12. The molecule has 3 unspecified atom stereocenters. The molecule has 0 aliphatic rings. The molecule has 0 rings (SSSR count). The number of unbranched alkanes of at least 4 members (excludes halogenated alkanes) is 18. The van der Waals surface area contributed by atoms with Crippen LogP contribution < -0.4 is 5.32 Å². The zero-order valence-electron chi connectivity index (χ0n) is 28.8. The molecule has 0 spiro atoms. The van der Waals surface area contributed by atoms with Crippen LogP contribution in [0.4, 0.5) is 0 Å². The average Bonchev–Trinajstić information content (AvgIpc) is 3.03. The van der Waals surface area contributed by atoms with Crippen molar-refractivity contribution in [3.05, 3.63) is 48.6 Å². The molecule has 44 heavy (non-hydrogen) atoms. The minimum atomic E-state index is -1.11. The van der Waals surface area contributed by atoms with Crippen molar-refractivity contribution in [3.8, 4) is 0 Å². The van der Waals surface area contributed by atoms with Crippen LogP contribution in [0.2, 0.25) is 0 Å². The Morgan fingerprint density at radius 2 is 0.955 bits per heavy atom. The van der Waals surface area contributed by atoms with Gasteiger partial charge in [0.1, 0.15) is 6.10 Å². The second-order valence-corrected chi connectivity index (χ2v) is 12.4. The third-order valence-electron chi connectivity index (χ3n) is 8.12. The van der Waals surface area contributed by atoms with Gasteiger partial charge in [0.25, 0.3) is 0 Å². The van der Waals surface area contributed by atoms with Crippen molar-refractivity contribution in [1.29, 1.82) is 0 Å². The smallest absolute Gasteiger partial charge is 0.249 e. The minimum Gasteiger partial charge on any atom is -0.394 e. The normalized spacial score (nSPS) is 14.4. The molecular formula is C39H71NO4. The molecule has 4 N–H and O–H groups in total. The van der Waals surface area contributed by atoms with Gasteiger partial charge < -0.3 is 20.6 Å². The highest BCUT2D eigenvalue weighted by atomic mass is 16.3. The standard InChI is InChI=1S/C39H71NO4/c1-3-5-7-9-11-13-15-17-18-19-20-21-22-24-26-28-30-32-34-38(43)39(44)40-36(35-41)37(42)33-31-29-27-25-23-16-14-12-10-8-6-4-2/h10,12,19-20,23,25,31,33,36-38,41-43H,3-9,11,13-18,21-22,24,26-30,32,34-35H2,1-2H3,(H,40,44)/b12-10+,20-19-,25-23+,33-31+. The van der Waals surface area contributed by atoms with E-state index in [9.17, 15) is 20.1 Å². The van der Waals surface area contributed by atoms with Gasteiger partial charge in [-0.1, -0.05) is 152 Å². The van der Waals surface area contributed by atoms with E-state index in [0.717, 1.165) is 51.4 Å². The van der Waals surface area contributed by atoms with Crippen molar-refractivity contribution < 1.29 is 20.1 Å². The zero-order chi connectivity index (χ0) is 32.4. The van der Waals surface area contributed by atoms with Gasteiger partial charge in [-0.3, -0.25) is 4.79 Å². The molecule has 0 aliphatic heterocycles. The van der Waals surface area contributed by atoms with Crippen molar-refractivity contribution in [2.75, 3.05) is 6.61 Å². The lowest BCUT2D eigenvalue weighted by atomic mass is 10.0. The molecule has 0 aliphatic carbocycles. The molecule has 0 aromatic heterocycles. The molecule has 5 heteroatoms. The lowest BCUT2D eigenvalue weighted by Gasteiger charge is -2.21. The van der Waals surface area contributed by atoms with E-state index >= 15 is 0 Å². The number of carbonyl (C=O) groups is 1. The fourth-order valence-corrected chi connectivity index (χ4v) is 5.14. The highest BCUT2D eigenvalue weighted by molar-refractivity contribution is 5.80. The molecular weight excluding hydrogens is 546 g/mol. The number of carbonyl (C=O) groups excluding carboxylic acids is 1. The summed E-state index contributed by atoms with van der Waals surface area (Å²) in [7, 11) is 0. The SMILES string of the molecule is CCCC/C=C/CC/C=C/CC/C=C/C(O)C(CO)NC(=O)C(O)CCCCCCCC/C=C\CCCCCCCCCC.